The average molecular weight is 288 g/mol. The van der Waals surface area contributed by atoms with E-state index in [2.05, 4.69) is 5.32 Å². The predicted octanol–water partition coefficient (Wildman–Crippen LogP) is 1.62. The third-order valence-corrected chi connectivity index (χ3v) is 2.93. The van der Waals surface area contributed by atoms with Crippen LogP contribution in [0.15, 0.2) is 12.1 Å². The lowest BCUT2D eigenvalue weighted by Gasteiger charge is -2.18. The minimum absolute atomic E-state index is 0.211. The highest BCUT2D eigenvalue weighted by Crippen LogP contribution is 2.40. The van der Waals surface area contributed by atoms with Gasteiger partial charge in [0.2, 0.25) is 6.41 Å². The zero-order chi connectivity index (χ0) is 14.4. The second-order valence-electron chi connectivity index (χ2n) is 3.64. The topological polar surface area (TPSA) is 84.9 Å². The minimum atomic E-state index is -1.05. The summed E-state index contributed by atoms with van der Waals surface area (Å²) in [6.07, 6.45) is 0.147. The quantitative estimate of drug-likeness (QED) is 0.744. The summed E-state index contributed by atoms with van der Waals surface area (Å²) < 4.78 is 10.2. The Morgan fingerprint density at radius 3 is 2.63 bits per heavy atom. The molecule has 0 aliphatic carbocycles. The Bertz CT molecular complexity index is 477. The van der Waals surface area contributed by atoms with Gasteiger partial charge in [0.05, 0.1) is 31.7 Å². The van der Waals surface area contributed by atoms with E-state index in [1.165, 1.54) is 14.2 Å². The fourth-order valence-corrected chi connectivity index (χ4v) is 2.05. The largest absolute Gasteiger partial charge is 0.493 e. The fourth-order valence-electron chi connectivity index (χ4n) is 1.69. The number of amides is 1. The van der Waals surface area contributed by atoms with Gasteiger partial charge in [-0.05, 0) is 11.6 Å². The van der Waals surface area contributed by atoms with Gasteiger partial charge < -0.3 is 19.9 Å². The summed E-state index contributed by atoms with van der Waals surface area (Å²) >= 11 is 6.15. The molecule has 1 rings (SSSR count). The van der Waals surface area contributed by atoms with Crippen molar-refractivity contribution in [1.82, 2.24) is 5.32 Å². The molecular weight excluding hydrogens is 274 g/mol. The van der Waals surface area contributed by atoms with Gasteiger partial charge in [-0.2, -0.15) is 0 Å². The molecule has 2 N–H and O–H groups in total. The van der Waals surface area contributed by atoms with Crippen LogP contribution in [0.25, 0.3) is 0 Å². The number of nitrogens with one attached hydrogen (secondary N) is 1. The van der Waals surface area contributed by atoms with Gasteiger partial charge in [0, 0.05) is 0 Å². The number of ether oxygens (including phenoxy) is 2. The van der Waals surface area contributed by atoms with Crippen LogP contribution in [0.5, 0.6) is 11.5 Å². The lowest BCUT2D eigenvalue weighted by molar-refractivity contribution is -0.137. The van der Waals surface area contributed by atoms with Gasteiger partial charge in [-0.15, -0.1) is 0 Å². The maximum absolute atomic E-state index is 10.8. The van der Waals surface area contributed by atoms with E-state index < -0.39 is 12.0 Å². The predicted molar refractivity (Wildman–Crippen MR) is 68.7 cm³/mol. The van der Waals surface area contributed by atoms with Crippen molar-refractivity contribution in [3.8, 4) is 11.5 Å². The number of hydrogen-bond acceptors (Lipinski definition) is 4. The van der Waals surface area contributed by atoms with Crippen LogP contribution in [0.3, 0.4) is 0 Å². The molecule has 0 aromatic heterocycles. The molecule has 0 unspecified atom stereocenters. The minimum Gasteiger partial charge on any atom is -0.493 e. The molecule has 19 heavy (non-hydrogen) atoms. The summed E-state index contributed by atoms with van der Waals surface area (Å²) in [5, 5.41) is 11.5. The van der Waals surface area contributed by atoms with E-state index in [4.69, 9.17) is 26.2 Å². The van der Waals surface area contributed by atoms with Crippen molar-refractivity contribution in [2.24, 2.45) is 0 Å². The van der Waals surface area contributed by atoms with Gasteiger partial charge in [-0.3, -0.25) is 9.59 Å². The van der Waals surface area contributed by atoms with E-state index in [0.29, 0.717) is 23.5 Å². The Morgan fingerprint density at radius 1 is 1.47 bits per heavy atom. The van der Waals surface area contributed by atoms with Crippen molar-refractivity contribution in [1.29, 1.82) is 0 Å². The molecule has 6 nitrogen and oxygen atoms in total. The molecular formula is C12H14ClNO5. The number of halogens is 1. The van der Waals surface area contributed by atoms with E-state index in [9.17, 15) is 9.59 Å². The van der Waals surface area contributed by atoms with Gasteiger partial charge in [0.15, 0.2) is 11.5 Å². The Hall–Kier alpha value is -1.95. The fraction of sp³-hybridized carbons (Fsp3) is 0.333. The van der Waals surface area contributed by atoms with Gasteiger partial charge in [0.25, 0.3) is 0 Å². The first-order chi connectivity index (χ1) is 9.04. The van der Waals surface area contributed by atoms with Crippen molar-refractivity contribution < 1.29 is 24.2 Å². The third-order valence-electron chi connectivity index (χ3n) is 2.54. The SMILES string of the molecule is COc1ccc([C@H](CC(=O)O)NC=O)c(Cl)c1OC. The maximum Gasteiger partial charge on any atom is 0.305 e. The molecule has 0 radical (unpaired) electrons. The monoisotopic (exact) mass is 287 g/mol. The Balaban J connectivity index is 3.23. The van der Waals surface area contributed by atoms with Crippen LogP contribution >= 0.6 is 11.6 Å². The number of rotatable bonds is 7. The highest BCUT2D eigenvalue weighted by atomic mass is 35.5. The van der Waals surface area contributed by atoms with Crippen LogP contribution in [0.1, 0.15) is 18.0 Å². The van der Waals surface area contributed by atoms with Crippen LogP contribution in [-0.2, 0) is 9.59 Å². The number of hydrogen-bond donors (Lipinski definition) is 2. The summed E-state index contributed by atoms with van der Waals surface area (Å²) in [5.41, 5.74) is 0.453. The van der Waals surface area contributed by atoms with Gasteiger partial charge in [-0.25, -0.2) is 0 Å². The van der Waals surface area contributed by atoms with Crippen LogP contribution in [0.2, 0.25) is 5.02 Å². The van der Waals surface area contributed by atoms with Crippen molar-refractivity contribution in [3.05, 3.63) is 22.7 Å². The van der Waals surface area contributed by atoms with Crippen molar-refractivity contribution >= 4 is 24.0 Å². The van der Waals surface area contributed by atoms with E-state index in [1.54, 1.807) is 12.1 Å². The first kappa shape index (κ1) is 15.1. The molecule has 1 amide bonds. The lowest BCUT2D eigenvalue weighted by atomic mass is 10.0. The molecule has 1 aromatic carbocycles. The number of carbonyl (C=O) groups excluding carboxylic acids is 1. The Labute approximate surface area is 115 Å². The molecule has 0 saturated carbocycles. The summed E-state index contributed by atoms with van der Waals surface area (Å²) in [4.78, 5) is 21.3. The number of carbonyl (C=O) groups is 2. The first-order valence-electron chi connectivity index (χ1n) is 5.37. The Kier molecular flexibility index (Phi) is 5.44. The number of aliphatic carboxylic acids is 1. The van der Waals surface area contributed by atoms with Crippen molar-refractivity contribution in [3.63, 3.8) is 0 Å². The number of methoxy groups -OCH3 is 2. The molecule has 0 spiro atoms. The summed E-state index contributed by atoms with van der Waals surface area (Å²) in [7, 11) is 2.89. The molecule has 0 aliphatic rings. The molecule has 0 fully saturated rings. The maximum atomic E-state index is 10.8. The summed E-state index contributed by atoms with van der Waals surface area (Å²) in [6, 6.07) is 2.46. The van der Waals surface area contributed by atoms with Crippen LogP contribution in [0, 0.1) is 0 Å². The van der Waals surface area contributed by atoms with Crippen molar-refractivity contribution in [2.75, 3.05) is 14.2 Å². The van der Waals surface area contributed by atoms with E-state index in [-0.39, 0.29) is 11.4 Å². The first-order valence-corrected chi connectivity index (χ1v) is 5.74. The standard InChI is InChI=1S/C12H14ClNO5/c1-18-9-4-3-7(11(13)12(9)19-2)8(14-6-15)5-10(16)17/h3-4,6,8H,5H2,1-2H3,(H,14,15)(H,16,17)/t8-/m0/s1. The highest BCUT2D eigenvalue weighted by molar-refractivity contribution is 6.33. The molecule has 0 saturated heterocycles. The summed E-state index contributed by atoms with van der Waals surface area (Å²) in [5.74, 6) is -0.327. The molecule has 7 heteroatoms. The van der Waals surface area contributed by atoms with Crippen LogP contribution in [-0.4, -0.2) is 31.7 Å². The number of carboxylic acids is 1. The highest BCUT2D eigenvalue weighted by Gasteiger charge is 2.21. The van der Waals surface area contributed by atoms with Gasteiger partial charge in [-0.1, -0.05) is 17.7 Å². The molecule has 0 aliphatic heterocycles. The second kappa shape index (κ2) is 6.84. The van der Waals surface area contributed by atoms with Crippen molar-refractivity contribution in [2.45, 2.75) is 12.5 Å². The van der Waals surface area contributed by atoms with E-state index in [0.717, 1.165) is 0 Å². The number of carboxylic acid groups (broad SMARTS) is 1. The van der Waals surface area contributed by atoms with Crippen LogP contribution < -0.4 is 14.8 Å². The zero-order valence-electron chi connectivity index (χ0n) is 10.5. The molecule has 0 heterocycles. The van der Waals surface area contributed by atoms with E-state index >= 15 is 0 Å². The molecule has 1 atom stereocenters. The lowest BCUT2D eigenvalue weighted by Crippen LogP contribution is -2.22. The Morgan fingerprint density at radius 2 is 2.16 bits per heavy atom. The number of benzene rings is 1. The second-order valence-corrected chi connectivity index (χ2v) is 4.02. The normalized spacial score (nSPS) is 11.5. The zero-order valence-corrected chi connectivity index (χ0v) is 11.2. The van der Waals surface area contributed by atoms with Gasteiger partial charge >= 0.3 is 5.97 Å². The summed E-state index contributed by atoms with van der Waals surface area (Å²) in [6.45, 7) is 0. The van der Waals surface area contributed by atoms with Gasteiger partial charge in [0.1, 0.15) is 0 Å². The molecule has 1 aromatic rings. The van der Waals surface area contributed by atoms with E-state index in [1.807, 2.05) is 0 Å². The smallest absolute Gasteiger partial charge is 0.305 e. The average Bonchev–Trinajstić information content (AvgIpc) is 2.37. The molecule has 104 valence electrons. The third kappa shape index (κ3) is 3.51. The van der Waals surface area contributed by atoms with Crippen LogP contribution in [0.4, 0.5) is 0 Å². The molecule has 0 bridgehead atoms.